The first-order valence-corrected chi connectivity index (χ1v) is 11.1. The van der Waals surface area contributed by atoms with Gasteiger partial charge in [0.25, 0.3) is 0 Å². The number of hydrogen-bond donors (Lipinski definition) is 1. The predicted molar refractivity (Wildman–Crippen MR) is 126 cm³/mol. The van der Waals surface area contributed by atoms with Crippen molar-refractivity contribution in [2.24, 2.45) is 0 Å². The lowest BCUT2D eigenvalue weighted by Crippen LogP contribution is -2.11. The molecule has 0 atom stereocenters. The zero-order valence-corrected chi connectivity index (χ0v) is 19.2. The van der Waals surface area contributed by atoms with Crippen LogP contribution in [0.3, 0.4) is 0 Å². The van der Waals surface area contributed by atoms with Gasteiger partial charge in [-0.2, -0.15) is 0 Å². The van der Waals surface area contributed by atoms with Crippen molar-refractivity contribution in [3.63, 3.8) is 0 Å². The van der Waals surface area contributed by atoms with E-state index in [1.807, 2.05) is 43.4 Å². The summed E-state index contributed by atoms with van der Waals surface area (Å²) in [5.74, 6) is 2.45. The SMILES string of the molecule is CNCCCn1c(-c2ccc(OC)cc2)nc2ccc(OCCCCCC(=O)OC)cc21. The summed E-state index contributed by atoms with van der Waals surface area (Å²) in [4.78, 5) is 16.1. The van der Waals surface area contributed by atoms with Gasteiger partial charge in [0.1, 0.15) is 17.3 Å². The molecule has 0 fully saturated rings. The van der Waals surface area contributed by atoms with Crippen LogP contribution >= 0.6 is 0 Å². The van der Waals surface area contributed by atoms with Crippen LogP contribution < -0.4 is 14.8 Å². The second kappa shape index (κ2) is 12.1. The van der Waals surface area contributed by atoms with Crippen molar-refractivity contribution in [3.05, 3.63) is 42.5 Å². The molecule has 1 heterocycles. The molecular weight excluding hydrogens is 406 g/mol. The van der Waals surface area contributed by atoms with Crippen molar-refractivity contribution in [2.75, 3.05) is 34.4 Å². The second-order valence-electron chi connectivity index (χ2n) is 7.66. The second-order valence-corrected chi connectivity index (χ2v) is 7.66. The fourth-order valence-corrected chi connectivity index (χ4v) is 3.63. The van der Waals surface area contributed by atoms with Crippen molar-refractivity contribution in [1.82, 2.24) is 14.9 Å². The number of methoxy groups -OCH3 is 2. The molecule has 0 radical (unpaired) electrons. The van der Waals surface area contributed by atoms with Crippen molar-refractivity contribution in [1.29, 1.82) is 0 Å². The van der Waals surface area contributed by atoms with E-state index in [1.54, 1.807) is 7.11 Å². The average Bonchev–Trinajstić information content (AvgIpc) is 3.19. The Bertz CT molecular complexity index is 998. The molecule has 2 aromatic carbocycles. The lowest BCUT2D eigenvalue weighted by molar-refractivity contribution is -0.140. The molecule has 0 bridgehead atoms. The molecule has 1 aromatic heterocycles. The van der Waals surface area contributed by atoms with Gasteiger partial charge in [-0.3, -0.25) is 4.79 Å². The lowest BCUT2D eigenvalue weighted by Gasteiger charge is -2.11. The maximum Gasteiger partial charge on any atom is 0.305 e. The topological polar surface area (TPSA) is 74.6 Å². The van der Waals surface area contributed by atoms with E-state index in [4.69, 9.17) is 14.5 Å². The van der Waals surface area contributed by atoms with Crippen molar-refractivity contribution in [3.8, 4) is 22.9 Å². The first-order valence-electron chi connectivity index (χ1n) is 11.1. The molecule has 32 heavy (non-hydrogen) atoms. The number of carbonyl (C=O) groups excluding carboxylic acids is 1. The van der Waals surface area contributed by atoms with Gasteiger partial charge < -0.3 is 24.1 Å². The number of carbonyl (C=O) groups is 1. The highest BCUT2D eigenvalue weighted by Crippen LogP contribution is 2.29. The summed E-state index contributed by atoms with van der Waals surface area (Å²) in [5.41, 5.74) is 3.07. The lowest BCUT2D eigenvalue weighted by atomic mass is 10.2. The Morgan fingerprint density at radius 1 is 1.00 bits per heavy atom. The summed E-state index contributed by atoms with van der Waals surface area (Å²) in [6.07, 6.45) is 4.10. The van der Waals surface area contributed by atoms with Gasteiger partial charge in [0.15, 0.2) is 0 Å². The number of esters is 1. The van der Waals surface area contributed by atoms with Gasteiger partial charge in [0.05, 0.1) is 31.9 Å². The number of ether oxygens (including phenoxy) is 3. The van der Waals surface area contributed by atoms with E-state index in [9.17, 15) is 4.79 Å². The quantitative estimate of drug-likeness (QED) is 0.314. The summed E-state index contributed by atoms with van der Waals surface area (Å²) in [7, 11) is 5.06. The number of unbranched alkanes of at least 4 members (excludes halogenated alkanes) is 2. The molecule has 0 saturated carbocycles. The number of benzene rings is 2. The highest BCUT2D eigenvalue weighted by atomic mass is 16.5. The molecule has 0 aliphatic heterocycles. The summed E-state index contributed by atoms with van der Waals surface area (Å²) in [6, 6.07) is 14.1. The standard InChI is InChI=1S/C25H33N3O4/c1-26-15-7-16-28-23-18-21(32-17-6-4-5-8-24(29)31-3)13-14-22(23)27-25(28)19-9-11-20(30-2)12-10-19/h9-14,18,26H,4-8,15-17H2,1-3H3. The number of imidazole rings is 1. The predicted octanol–water partition coefficient (Wildman–Crippen LogP) is 4.43. The minimum atomic E-state index is -0.157. The molecule has 0 aliphatic rings. The highest BCUT2D eigenvalue weighted by Gasteiger charge is 2.14. The molecule has 3 aromatic rings. The third-order valence-corrected chi connectivity index (χ3v) is 5.40. The average molecular weight is 440 g/mol. The van der Waals surface area contributed by atoms with E-state index in [2.05, 4.69) is 20.7 Å². The molecule has 1 N–H and O–H groups in total. The van der Waals surface area contributed by atoms with Gasteiger partial charge in [-0.15, -0.1) is 0 Å². The Hall–Kier alpha value is -3.06. The zero-order chi connectivity index (χ0) is 22.8. The molecule has 0 saturated heterocycles. The number of hydrogen-bond acceptors (Lipinski definition) is 6. The first kappa shape index (κ1) is 23.6. The normalized spacial score (nSPS) is 11.0. The minimum Gasteiger partial charge on any atom is -0.497 e. The number of nitrogens with one attached hydrogen (secondary N) is 1. The van der Waals surface area contributed by atoms with Crippen molar-refractivity contribution >= 4 is 17.0 Å². The van der Waals surface area contributed by atoms with E-state index in [1.165, 1.54) is 7.11 Å². The molecule has 0 amide bonds. The molecule has 0 spiro atoms. The number of nitrogens with zero attached hydrogens (tertiary/aromatic N) is 2. The molecule has 7 nitrogen and oxygen atoms in total. The maximum absolute atomic E-state index is 11.2. The molecule has 172 valence electrons. The van der Waals surface area contributed by atoms with Crippen LogP contribution in [-0.4, -0.2) is 49.9 Å². The fourth-order valence-electron chi connectivity index (χ4n) is 3.63. The third-order valence-electron chi connectivity index (χ3n) is 5.40. The van der Waals surface area contributed by atoms with Crippen LogP contribution in [0.2, 0.25) is 0 Å². The van der Waals surface area contributed by atoms with Crippen LogP contribution in [0.5, 0.6) is 11.5 Å². The monoisotopic (exact) mass is 439 g/mol. The van der Waals surface area contributed by atoms with Crippen molar-refractivity contribution < 1.29 is 19.0 Å². The van der Waals surface area contributed by atoms with Gasteiger partial charge in [0, 0.05) is 24.6 Å². The largest absolute Gasteiger partial charge is 0.497 e. The van der Waals surface area contributed by atoms with Crippen LogP contribution in [0.4, 0.5) is 0 Å². The van der Waals surface area contributed by atoms with E-state index in [0.717, 1.165) is 72.7 Å². The van der Waals surface area contributed by atoms with Crippen LogP contribution in [-0.2, 0) is 16.1 Å². The summed E-state index contributed by atoms with van der Waals surface area (Å²) in [6.45, 7) is 2.41. The molecule has 0 unspecified atom stereocenters. The molecule has 0 aliphatic carbocycles. The Morgan fingerprint density at radius 2 is 1.78 bits per heavy atom. The van der Waals surface area contributed by atoms with E-state index >= 15 is 0 Å². The van der Waals surface area contributed by atoms with E-state index in [-0.39, 0.29) is 5.97 Å². The van der Waals surface area contributed by atoms with Crippen LogP contribution in [0, 0.1) is 0 Å². The summed E-state index contributed by atoms with van der Waals surface area (Å²) >= 11 is 0. The van der Waals surface area contributed by atoms with Gasteiger partial charge in [-0.25, -0.2) is 4.98 Å². The van der Waals surface area contributed by atoms with Crippen molar-refractivity contribution in [2.45, 2.75) is 38.6 Å². The smallest absolute Gasteiger partial charge is 0.305 e. The van der Waals surface area contributed by atoms with Gasteiger partial charge >= 0.3 is 5.97 Å². The summed E-state index contributed by atoms with van der Waals surface area (Å²) < 4.78 is 18.2. The molecular formula is C25H33N3O4. The Morgan fingerprint density at radius 3 is 2.50 bits per heavy atom. The Balaban J connectivity index is 1.74. The highest BCUT2D eigenvalue weighted by molar-refractivity contribution is 5.82. The van der Waals surface area contributed by atoms with Gasteiger partial charge in [0.2, 0.25) is 0 Å². The first-order chi connectivity index (χ1) is 15.7. The van der Waals surface area contributed by atoms with Crippen LogP contribution in [0.15, 0.2) is 42.5 Å². The Kier molecular flexibility index (Phi) is 8.92. The van der Waals surface area contributed by atoms with Gasteiger partial charge in [-0.05, 0) is 75.7 Å². The summed E-state index contributed by atoms with van der Waals surface area (Å²) in [5, 5.41) is 3.22. The minimum absolute atomic E-state index is 0.157. The van der Waals surface area contributed by atoms with E-state index in [0.29, 0.717) is 13.0 Å². The Labute approximate surface area is 189 Å². The van der Waals surface area contributed by atoms with Gasteiger partial charge in [-0.1, -0.05) is 0 Å². The maximum atomic E-state index is 11.2. The van der Waals surface area contributed by atoms with Crippen LogP contribution in [0.25, 0.3) is 22.4 Å². The van der Waals surface area contributed by atoms with Crippen LogP contribution in [0.1, 0.15) is 32.1 Å². The zero-order valence-electron chi connectivity index (χ0n) is 19.2. The fraction of sp³-hybridized carbons (Fsp3) is 0.440. The van der Waals surface area contributed by atoms with E-state index < -0.39 is 0 Å². The molecule has 7 heteroatoms. The number of aromatic nitrogens is 2. The number of aryl methyl sites for hydroxylation is 1. The number of rotatable bonds is 13. The molecule has 3 rings (SSSR count). The number of fused-ring (bicyclic) bond motifs is 1. The third kappa shape index (κ3) is 6.23.